The molecule has 1 rings (SSSR count). The Morgan fingerprint density at radius 1 is 1.36 bits per heavy atom. The van der Waals surface area contributed by atoms with E-state index in [1.807, 2.05) is 4.90 Å². The molecule has 1 fully saturated rings. The van der Waals surface area contributed by atoms with Crippen LogP contribution < -0.4 is 0 Å². The van der Waals surface area contributed by atoms with Crippen molar-refractivity contribution in [3.8, 4) is 0 Å². The second-order valence-corrected chi connectivity index (χ2v) is 5.61. The summed E-state index contributed by atoms with van der Waals surface area (Å²) in [6.07, 6.45) is 3.39. The molecule has 1 aliphatic rings. The number of carbonyl (C=O) groups is 1. The van der Waals surface area contributed by atoms with Gasteiger partial charge in [-0.1, -0.05) is 13.8 Å². The Labute approximate surface area is 91.6 Å². The average molecular weight is 218 g/mol. The van der Waals surface area contributed by atoms with Crippen LogP contribution in [0.5, 0.6) is 0 Å². The van der Waals surface area contributed by atoms with Crippen molar-refractivity contribution in [2.75, 3.05) is 13.1 Å². The number of nitrogens with zero attached hydrogens (tertiary/aromatic N) is 1. The third kappa shape index (κ3) is 3.16. The first-order chi connectivity index (χ1) is 6.42. The van der Waals surface area contributed by atoms with Gasteiger partial charge in [-0.2, -0.15) is 0 Å². The van der Waals surface area contributed by atoms with E-state index < -0.39 is 0 Å². The van der Waals surface area contributed by atoms with Crippen LogP contribution in [0.1, 0.15) is 40.0 Å². The Bertz CT molecular complexity index is 213. The van der Waals surface area contributed by atoms with Gasteiger partial charge in [-0.05, 0) is 31.6 Å². The molecule has 3 heteroatoms. The second kappa shape index (κ2) is 4.52. The van der Waals surface area contributed by atoms with Crippen molar-refractivity contribution in [2.24, 2.45) is 5.41 Å². The van der Waals surface area contributed by atoms with Crippen LogP contribution >= 0.6 is 11.6 Å². The fourth-order valence-electron chi connectivity index (χ4n) is 1.89. The molecular weight excluding hydrogens is 198 g/mol. The standard InChI is InChI=1S/C11H20ClNO/c1-9(12)10(14)13-7-4-5-11(2,3)6-8-13/h9H,4-8H2,1-3H3. The highest BCUT2D eigenvalue weighted by Gasteiger charge is 2.26. The smallest absolute Gasteiger partial charge is 0.240 e. The van der Waals surface area contributed by atoms with E-state index in [0.29, 0.717) is 5.41 Å². The molecule has 1 unspecified atom stereocenters. The highest BCUT2D eigenvalue weighted by atomic mass is 35.5. The zero-order chi connectivity index (χ0) is 10.8. The molecule has 0 spiro atoms. The molecule has 1 heterocycles. The van der Waals surface area contributed by atoms with Crippen LogP contribution in [0.15, 0.2) is 0 Å². The minimum Gasteiger partial charge on any atom is -0.341 e. The van der Waals surface area contributed by atoms with E-state index in [2.05, 4.69) is 13.8 Å². The number of rotatable bonds is 1. The van der Waals surface area contributed by atoms with Gasteiger partial charge in [0.2, 0.25) is 5.91 Å². The van der Waals surface area contributed by atoms with Gasteiger partial charge in [-0.15, -0.1) is 11.6 Å². The molecule has 2 nitrogen and oxygen atoms in total. The molecule has 0 aromatic carbocycles. The number of halogens is 1. The molecule has 0 radical (unpaired) electrons. The van der Waals surface area contributed by atoms with Gasteiger partial charge in [-0.25, -0.2) is 0 Å². The van der Waals surface area contributed by atoms with E-state index in [-0.39, 0.29) is 11.3 Å². The lowest BCUT2D eigenvalue weighted by molar-refractivity contribution is -0.130. The van der Waals surface area contributed by atoms with E-state index in [4.69, 9.17) is 11.6 Å². The van der Waals surface area contributed by atoms with Gasteiger partial charge in [-0.3, -0.25) is 4.79 Å². The van der Waals surface area contributed by atoms with Crippen molar-refractivity contribution in [3.63, 3.8) is 0 Å². The van der Waals surface area contributed by atoms with Gasteiger partial charge >= 0.3 is 0 Å². The van der Waals surface area contributed by atoms with Gasteiger partial charge < -0.3 is 4.90 Å². The SMILES string of the molecule is CC(Cl)C(=O)N1CCCC(C)(C)CC1. The quantitative estimate of drug-likeness (QED) is 0.619. The maximum atomic E-state index is 11.7. The first kappa shape index (κ1) is 11.8. The zero-order valence-electron chi connectivity index (χ0n) is 9.35. The summed E-state index contributed by atoms with van der Waals surface area (Å²) in [6.45, 7) is 8.03. The Hall–Kier alpha value is -0.240. The molecule has 82 valence electrons. The number of carbonyl (C=O) groups excluding carboxylic acids is 1. The number of likely N-dealkylation sites (tertiary alicyclic amines) is 1. The molecular formula is C11H20ClNO. The van der Waals surface area contributed by atoms with E-state index in [1.165, 1.54) is 6.42 Å². The summed E-state index contributed by atoms with van der Waals surface area (Å²) in [4.78, 5) is 13.6. The summed E-state index contributed by atoms with van der Waals surface area (Å²) >= 11 is 5.79. The third-order valence-corrected chi connectivity index (χ3v) is 3.18. The molecule has 0 aromatic rings. The van der Waals surface area contributed by atoms with Crippen molar-refractivity contribution in [3.05, 3.63) is 0 Å². The molecule has 0 saturated carbocycles. The van der Waals surface area contributed by atoms with Crippen LogP contribution in [0.3, 0.4) is 0 Å². The van der Waals surface area contributed by atoms with Crippen LogP contribution in [-0.4, -0.2) is 29.3 Å². The van der Waals surface area contributed by atoms with E-state index >= 15 is 0 Å². The summed E-state index contributed by atoms with van der Waals surface area (Å²) in [5.41, 5.74) is 0.380. The maximum Gasteiger partial charge on any atom is 0.240 e. The summed E-state index contributed by atoms with van der Waals surface area (Å²) in [6, 6.07) is 0. The average Bonchev–Trinajstić information content (AvgIpc) is 2.25. The van der Waals surface area contributed by atoms with Crippen LogP contribution in [-0.2, 0) is 4.79 Å². The van der Waals surface area contributed by atoms with E-state index in [0.717, 1.165) is 25.9 Å². The molecule has 1 amide bonds. The molecule has 0 aromatic heterocycles. The van der Waals surface area contributed by atoms with Crippen LogP contribution in [0.2, 0.25) is 0 Å². The van der Waals surface area contributed by atoms with Crippen molar-refractivity contribution >= 4 is 17.5 Å². The highest BCUT2D eigenvalue weighted by molar-refractivity contribution is 6.30. The predicted molar refractivity (Wildman–Crippen MR) is 59.5 cm³/mol. The van der Waals surface area contributed by atoms with E-state index in [9.17, 15) is 4.79 Å². The number of alkyl halides is 1. The predicted octanol–water partition coefficient (Wildman–Crippen LogP) is 2.65. The first-order valence-electron chi connectivity index (χ1n) is 5.35. The highest BCUT2D eigenvalue weighted by Crippen LogP contribution is 2.30. The Morgan fingerprint density at radius 3 is 2.57 bits per heavy atom. The number of amides is 1. The molecule has 1 atom stereocenters. The molecule has 1 saturated heterocycles. The van der Waals surface area contributed by atoms with Crippen molar-refractivity contribution in [1.29, 1.82) is 0 Å². The third-order valence-electron chi connectivity index (χ3n) is 2.99. The zero-order valence-corrected chi connectivity index (χ0v) is 10.1. The largest absolute Gasteiger partial charge is 0.341 e. The topological polar surface area (TPSA) is 20.3 Å². The number of hydrogen-bond donors (Lipinski definition) is 0. The Kier molecular flexibility index (Phi) is 3.82. The van der Waals surface area contributed by atoms with Crippen molar-refractivity contribution in [1.82, 2.24) is 4.90 Å². The van der Waals surface area contributed by atoms with Gasteiger partial charge in [0, 0.05) is 13.1 Å². The fraction of sp³-hybridized carbons (Fsp3) is 0.909. The van der Waals surface area contributed by atoms with Crippen LogP contribution in [0.25, 0.3) is 0 Å². The van der Waals surface area contributed by atoms with Gasteiger partial charge in [0.15, 0.2) is 0 Å². The number of hydrogen-bond acceptors (Lipinski definition) is 1. The molecule has 1 aliphatic heterocycles. The molecule has 0 aliphatic carbocycles. The van der Waals surface area contributed by atoms with Gasteiger partial charge in [0.05, 0.1) is 0 Å². The van der Waals surface area contributed by atoms with Crippen LogP contribution in [0.4, 0.5) is 0 Å². The van der Waals surface area contributed by atoms with Gasteiger partial charge in [0.25, 0.3) is 0 Å². The molecule has 0 bridgehead atoms. The maximum absolute atomic E-state index is 11.7. The monoisotopic (exact) mass is 217 g/mol. The summed E-state index contributed by atoms with van der Waals surface area (Å²) in [5.74, 6) is 0.0874. The lowest BCUT2D eigenvalue weighted by Crippen LogP contribution is -2.36. The normalized spacial score (nSPS) is 24.1. The van der Waals surface area contributed by atoms with Crippen molar-refractivity contribution in [2.45, 2.75) is 45.4 Å². The lowest BCUT2D eigenvalue weighted by atomic mass is 9.85. The fourth-order valence-corrected chi connectivity index (χ4v) is 2.03. The minimum atomic E-state index is -0.379. The molecule has 0 N–H and O–H groups in total. The lowest BCUT2D eigenvalue weighted by Gasteiger charge is -2.24. The summed E-state index contributed by atoms with van der Waals surface area (Å²) < 4.78 is 0. The molecule has 14 heavy (non-hydrogen) atoms. The van der Waals surface area contributed by atoms with Crippen molar-refractivity contribution < 1.29 is 4.79 Å². The van der Waals surface area contributed by atoms with E-state index in [1.54, 1.807) is 6.92 Å². The first-order valence-corrected chi connectivity index (χ1v) is 5.79. The summed E-state index contributed by atoms with van der Waals surface area (Å²) in [7, 11) is 0. The Balaban J connectivity index is 2.54. The summed E-state index contributed by atoms with van der Waals surface area (Å²) in [5, 5.41) is -0.379. The minimum absolute atomic E-state index is 0.0874. The van der Waals surface area contributed by atoms with Gasteiger partial charge in [0.1, 0.15) is 5.38 Å². The second-order valence-electron chi connectivity index (χ2n) is 4.96. The van der Waals surface area contributed by atoms with Crippen LogP contribution in [0, 0.1) is 5.41 Å². The Morgan fingerprint density at radius 2 is 2.00 bits per heavy atom.